The Balaban J connectivity index is 1.64. The van der Waals surface area contributed by atoms with Crippen molar-refractivity contribution in [2.75, 3.05) is 6.54 Å². The van der Waals surface area contributed by atoms with E-state index in [1.807, 2.05) is 0 Å². The van der Waals surface area contributed by atoms with Crippen LogP contribution in [0.4, 0.5) is 0 Å². The van der Waals surface area contributed by atoms with Crippen molar-refractivity contribution in [3.8, 4) is 0 Å². The highest BCUT2D eigenvalue weighted by atomic mass is 15.0. The summed E-state index contributed by atoms with van der Waals surface area (Å²) in [6.07, 6.45) is 8.17. The molecule has 0 aromatic carbocycles. The van der Waals surface area contributed by atoms with Gasteiger partial charge in [-0.25, -0.2) is 0 Å². The molecule has 2 nitrogen and oxygen atoms in total. The third-order valence-electron chi connectivity index (χ3n) is 3.46. The summed E-state index contributed by atoms with van der Waals surface area (Å²) in [4.78, 5) is 0. The second-order valence-electron chi connectivity index (χ2n) is 4.41. The molecule has 0 aromatic heterocycles. The lowest BCUT2D eigenvalue weighted by molar-refractivity contribution is 0.285. The van der Waals surface area contributed by atoms with Crippen molar-refractivity contribution in [3.05, 3.63) is 0 Å². The standard InChI is InChI=1S/C10H20N2/c11-9-5-2-6-10(9)12-7-8-3-1-4-8/h8-10,12H,1-7,11H2. The molecule has 3 N–H and O–H groups in total. The van der Waals surface area contributed by atoms with Gasteiger partial charge in [0, 0.05) is 12.1 Å². The van der Waals surface area contributed by atoms with Gasteiger partial charge in [0.2, 0.25) is 0 Å². The molecular formula is C10H20N2. The molecule has 2 aliphatic carbocycles. The smallest absolute Gasteiger partial charge is 0.0219 e. The molecule has 2 unspecified atom stereocenters. The van der Waals surface area contributed by atoms with Gasteiger partial charge in [-0.2, -0.15) is 0 Å². The fourth-order valence-electron chi connectivity index (χ4n) is 2.26. The first-order valence-corrected chi connectivity index (χ1v) is 5.35. The molecule has 0 heterocycles. The van der Waals surface area contributed by atoms with Gasteiger partial charge in [-0.15, -0.1) is 0 Å². The predicted molar refractivity (Wildman–Crippen MR) is 51.0 cm³/mol. The Morgan fingerprint density at radius 2 is 1.83 bits per heavy atom. The summed E-state index contributed by atoms with van der Waals surface area (Å²) in [6.45, 7) is 1.22. The first kappa shape index (κ1) is 8.52. The number of nitrogens with two attached hydrogens (primary N) is 1. The molecule has 2 heteroatoms. The van der Waals surface area contributed by atoms with Crippen molar-refractivity contribution in [1.29, 1.82) is 0 Å². The van der Waals surface area contributed by atoms with Crippen LogP contribution in [0, 0.1) is 5.92 Å². The van der Waals surface area contributed by atoms with Crippen molar-refractivity contribution in [3.63, 3.8) is 0 Å². The number of nitrogens with one attached hydrogen (secondary N) is 1. The van der Waals surface area contributed by atoms with Gasteiger partial charge in [-0.1, -0.05) is 12.8 Å². The summed E-state index contributed by atoms with van der Waals surface area (Å²) >= 11 is 0. The fraction of sp³-hybridized carbons (Fsp3) is 1.00. The van der Waals surface area contributed by atoms with Gasteiger partial charge in [0.1, 0.15) is 0 Å². The van der Waals surface area contributed by atoms with Gasteiger partial charge in [-0.05, 0) is 38.1 Å². The highest BCUT2D eigenvalue weighted by Crippen LogP contribution is 2.26. The highest BCUT2D eigenvalue weighted by Gasteiger charge is 2.25. The van der Waals surface area contributed by atoms with E-state index in [2.05, 4.69) is 5.32 Å². The molecule has 0 aromatic rings. The molecule has 0 saturated heterocycles. The predicted octanol–water partition coefficient (Wildman–Crippen LogP) is 1.26. The van der Waals surface area contributed by atoms with E-state index in [0.717, 1.165) is 5.92 Å². The minimum atomic E-state index is 0.435. The Morgan fingerprint density at radius 1 is 1.08 bits per heavy atom. The van der Waals surface area contributed by atoms with E-state index in [4.69, 9.17) is 5.73 Å². The molecule has 0 amide bonds. The SMILES string of the molecule is NC1CCCC1NCC1CCC1. The summed E-state index contributed by atoms with van der Waals surface area (Å²) in [7, 11) is 0. The molecule has 2 aliphatic rings. The second kappa shape index (κ2) is 3.75. The van der Waals surface area contributed by atoms with Crippen LogP contribution in [-0.4, -0.2) is 18.6 Å². The molecule has 0 bridgehead atoms. The maximum absolute atomic E-state index is 5.96. The summed E-state index contributed by atoms with van der Waals surface area (Å²) in [5, 5.41) is 3.61. The number of hydrogen-bond acceptors (Lipinski definition) is 2. The van der Waals surface area contributed by atoms with Crippen LogP contribution >= 0.6 is 0 Å². The molecule has 0 radical (unpaired) electrons. The summed E-state index contributed by atoms with van der Waals surface area (Å²) in [6, 6.07) is 1.07. The van der Waals surface area contributed by atoms with E-state index in [1.54, 1.807) is 0 Å². The Labute approximate surface area is 74.9 Å². The van der Waals surface area contributed by atoms with Crippen molar-refractivity contribution in [1.82, 2.24) is 5.32 Å². The molecule has 70 valence electrons. The normalized spacial score (nSPS) is 36.8. The third-order valence-corrected chi connectivity index (χ3v) is 3.46. The topological polar surface area (TPSA) is 38.0 Å². The fourth-order valence-corrected chi connectivity index (χ4v) is 2.26. The van der Waals surface area contributed by atoms with Gasteiger partial charge < -0.3 is 11.1 Å². The lowest BCUT2D eigenvalue weighted by Gasteiger charge is -2.28. The Bertz CT molecular complexity index is 143. The van der Waals surface area contributed by atoms with Gasteiger partial charge >= 0.3 is 0 Å². The quantitative estimate of drug-likeness (QED) is 0.665. The van der Waals surface area contributed by atoms with Crippen molar-refractivity contribution in [2.24, 2.45) is 11.7 Å². The molecule has 2 fully saturated rings. The molecule has 2 rings (SSSR count). The van der Waals surface area contributed by atoms with Gasteiger partial charge in [0.05, 0.1) is 0 Å². The summed E-state index contributed by atoms with van der Waals surface area (Å²) in [5.74, 6) is 0.970. The van der Waals surface area contributed by atoms with Crippen LogP contribution in [0.5, 0.6) is 0 Å². The molecule has 2 atom stereocenters. The number of hydrogen-bond donors (Lipinski definition) is 2. The Morgan fingerprint density at radius 3 is 2.33 bits per heavy atom. The minimum absolute atomic E-state index is 0.435. The zero-order chi connectivity index (χ0) is 8.39. The van der Waals surface area contributed by atoms with Crippen molar-refractivity contribution < 1.29 is 0 Å². The van der Waals surface area contributed by atoms with E-state index >= 15 is 0 Å². The number of rotatable bonds is 3. The average Bonchev–Trinajstić information content (AvgIpc) is 2.33. The molecule has 0 spiro atoms. The zero-order valence-electron chi connectivity index (χ0n) is 7.76. The van der Waals surface area contributed by atoms with Crippen LogP contribution in [0.2, 0.25) is 0 Å². The third kappa shape index (κ3) is 1.80. The van der Waals surface area contributed by atoms with Gasteiger partial charge in [0.25, 0.3) is 0 Å². The van der Waals surface area contributed by atoms with Crippen LogP contribution in [0.1, 0.15) is 38.5 Å². The first-order chi connectivity index (χ1) is 5.86. The van der Waals surface area contributed by atoms with Crippen LogP contribution in [-0.2, 0) is 0 Å². The van der Waals surface area contributed by atoms with E-state index < -0.39 is 0 Å². The molecular weight excluding hydrogens is 148 g/mol. The van der Waals surface area contributed by atoms with Crippen LogP contribution < -0.4 is 11.1 Å². The van der Waals surface area contributed by atoms with Crippen molar-refractivity contribution in [2.45, 2.75) is 50.6 Å². The maximum Gasteiger partial charge on any atom is 0.0219 e. The minimum Gasteiger partial charge on any atom is -0.326 e. The average molecular weight is 168 g/mol. The van der Waals surface area contributed by atoms with E-state index in [0.29, 0.717) is 12.1 Å². The summed E-state index contributed by atoms with van der Waals surface area (Å²) in [5.41, 5.74) is 5.96. The Hall–Kier alpha value is -0.0800. The van der Waals surface area contributed by atoms with Crippen LogP contribution in [0.25, 0.3) is 0 Å². The first-order valence-electron chi connectivity index (χ1n) is 5.35. The molecule has 2 saturated carbocycles. The van der Waals surface area contributed by atoms with Gasteiger partial charge in [-0.3, -0.25) is 0 Å². The Kier molecular flexibility index (Phi) is 2.66. The van der Waals surface area contributed by atoms with Crippen LogP contribution in [0.15, 0.2) is 0 Å². The van der Waals surface area contributed by atoms with Gasteiger partial charge in [0.15, 0.2) is 0 Å². The maximum atomic E-state index is 5.96. The van der Waals surface area contributed by atoms with E-state index in [9.17, 15) is 0 Å². The second-order valence-corrected chi connectivity index (χ2v) is 4.41. The zero-order valence-corrected chi connectivity index (χ0v) is 7.76. The highest BCUT2D eigenvalue weighted by molar-refractivity contribution is 4.87. The van der Waals surface area contributed by atoms with E-state index in [-0.39, 0.29) is 0 Å². The van der Waals surface area contributed by atoms with Crippen molar-refractivity contribution >= 4 is 0 Å². The molecule has 0 aliphatic heterocycles. The lowest BCUT2D eigenvalue weighted by atomic mass is 9.85. The largest absolute Gasteiger partial charge is 0.326 e. The lowest BCUT2D eigenvalue weighted by Crippen LogP contribution is -2.43. The molecule has 12 heavy (non-hydrogen) atoms. The van der Waals surface area contributed by atoms with Crippen LogP contribution in [0.3, 0.4) is 0 Å². The monoisotopic (exact) mass is 168 g/mol. The van der Waals surface area contributed by atoms with E-state index in [1.165, 1.54) is 45.1 Å². The summed E-state index contributed by atoms with van der Waals surface area (Å²) < 4.78 is 0.